The summed E-state index contributed by atoms with van der Waals surface area (Å²) >= 11 is 0. The molecule has 0 aliphatic heterocycles. The summed E-state index contributed by atoms with van der Waals surface area (Å²) in [6, 6.07) is 16.6. The Morgan fingerprint density at radius 1 is 1.03 bits per heavy atom. The topological polar surface area (TPSA) is 85.2 Å². The second kappa shape index (κ2) is 10.5. The summed E-state index contributed by atoms with van der Waals surface area (Å²) in [5.41, 5.74) is 4.33. The van der Waals surface area contributed by atoms with Gasteiger partial charge in [0.15, 0.2) is 11.6 Å². The zero-order valence-electron chi connectivity index (χ0n) is 18.3. The van der Waals surface area contributed by atoms with E-state index >= 15 is 0 Å². The highest BCUT2D eigenvalue weighted by molar-refractivity contribution is 5.80. The molecule has 2 aromatic carbocycles. The van der Waals surface area contributed by atoms with Gasteiger partial charge in [0.05, 0.1) is 6.54 Å². The summed E-state index contributed by atoms with van der Waals surface area (Å²) in [6.07, 6.45) is 11.3. The highest BCUT2D eigenvalue weighted by Gasteiger charge is 2.12. The van der Waals surface area contributed by atoms with Crippen molar-refractivity contribution in [1.82, 2.24) is 35.4 Å². The third kappa shape index (κ3) is 5.09. The molecule has 32 heavy (non-hydrogen) atoms. The average molecular weight is 426 g/mol. The zero-order valence-corrected chi connectivity index (χ0v) is 18.3. The summed E-state index contributed by atoms with van der Waals surface area (Å²) in [7, 11) is 0. The van der Waals surface area contributed by atoms with Crippen molar-refractivity contribution in [3.05, 3.63) is 65.7 Å². The van der Waals surface area contributed by atoms with Gasteiger partial charge in [-0.25, -0.2) is 14.8 Å². The number of terminal acetylenes is 1. The fourth-order valence-electron chi connectivity index (χ4n) is 3.74. The number of benzene rings is 2. The van der Waals surface area contributed by atoms with Crippen LogP contribution in [-0.4, -0.2) is 35.4 Å². The minimum atomic E-state index is 0.650. The normalized spacial score (nSPS) is 10.9. The molecular weight excluding hydrogens is 398 g/mol. The summed E-state index contributed by atoms with van der Waals surface area (Å²) in [5, 5.41) is 19.0. The van der Waals surface area contributed by atoms with E-state index in [9.17, 15) is 0 Å². The van der Waals surface area contributed by atoms with Crippen molar-refractivity contribution in [2.75, 3.05) is 0 Å². The van der Waals surface area contributed by atoms with Crippen LogP contribution in [0.4, 0.5) is 0 Å². The smallest absolute Gasteiger partial charge is 0.180 e. The highest BCUT2D eigenvalue weighted by atomic mass is 15.5. The first-order valence-electron chi connectivity index (χ1n) is 11.1. The molecule has 2 heterocycles. The first kappa shape index (κ1) is 21.4. The Bertz CT molecular complexity index is 1170. The highest BCUT2D eigenvalue weighted by Crippen LogP contribution is 2.30. The van der Waals surface area contributed by atoms with E-state index < -0.39 is 0 Å². The van der Waals surface area contributed by atoms with E-state index in [1.165, 1.54) is 18.4 Å². The Morgan fingerprint density at radius 3 is 2.56 bits per heavy atom. The first-order chi connectivity index (χ1) is 15.8. The lowest BCUT2D eigenvalue weighted by Gasteiger charge is -2.09. The third-order valence-corrected chi connectivity index (χ3v) is 5.42. The van der Waals surface area contributed by atoms with Gasteiger partial charge in [-0.3, -0.25) is 0 Å². The van der Waals surface area contributed by atoms with Crippen LogP contribution in [0.5, 0.6) is 0 Å². The van der Waals surface area contributed by atoms with Gasteiger partial charge in [-0.1, -0.05) is 68.3 Å². The lowest BCUT2D eigenvalue weighted by Crippen LogP contribution is -2.06. The quantitative estimate of drug-likeness (QED) is 0.299. The van der Waals surface area contributed by atoms with Gasteiger partial charge >= 0.3 is 0 Å². The lowest BCUT2D eigenvalue weighted by atomic mass is 9.98. The van der Waals surface area contributed by atoms with Crippen LogP contribution in [0.2, 0.25) is 0 Å². The van der Waals surface area contributed by atoms with Crippen LogP contribution >= 0.6 is 0 Å². The number of nitrogens with zero attached hydrogens (tertiary/aromatic N) is 6. The van der Waals surface area contributed by atoms with Crippen LogP contribution < -0.4 is 0 Å². The SMILES string of the molecule is C#CCCn1nc(CCCCC)nc1Cc1ccc(-c2ccccc2-c2nnn[nH]2)cc1. The number of nitrogens with one attached hydrogen (secondary N) is 1. The fraction of sp³-hybridized carbons (Fsp3) is 0.320. The zero-order chi connectivity index (χ0) is 22.2. The largest absolute Gasteiger partial charge is 0.249 e. The standard InChI is InChI=1S/C25H27N7/c1-3-5-7-12-23-26-24(32(29-23)17-6-4-2)18-19-13-15-20(16-14-19)21-10-8-9-11-22(21)25-27-30-31-28-25/h2,8-11,13-16H,3,5-7,12,17-18H2,1H3,(H,27,28,30,31). The maximum Gasteiger partial charge on any atom is 0.180 e. The maximum absolute atomic E-state index is 5.48. The van der Waals surface area contributed by atoms with Crippen molar-refractivity contribution < 1.29 is 0 Å². The molecular formula is C25H27N7. The van der Waals surface area contributed by atoms with Gasteiger partial charge < -0.3 is 0 Å². The minimum absolute atomic E-state index is 0.650. The molecule has 0 atom stereocenters. The molecule has 0 unspecified atom stereocenters. The summed E-state index contributed by atoms with van der Waals surface area (Å²) in [6.45, 7) is 2.90. The lowest BCUT2D eigenvalue weighted by molar-refractivity contribution is 0.589. The number of hydrogen-bond donors (Lipinski definition) is 1. The summed E-state index contributed by atoms with van der Waals surface area (Å²) < 4.78 is 1.97. The predicted molar refractivity (Wildman–Crippen MR) is 125 cm³/mol. The van der Waals surface area contributed by atoms with Crippen molar-refractivity contribution in [1.29, 1.82) is 0 Å². The molecule has 0 saturated heterocycles. The average Bonchev–Trinajstić information content (AvgIpc) is 3.49. The predicted octanol–water partition coefficient (Wildman–Crippen LogP) is 4.47. The molecule has 4 aromatic rings. The molecule has 0 aliphatic rings. The Morgan fingerprint density at radius 2 is 1.84 bits per heavy atom. The van der Waals surface area contributed by atoms with Crippen molar-refractivity contribution in [2.24, 2.45) is 0 Å². The summed E-state index contributed by atoms with van der Waals surface area (Å²) in [4.78, 5) is 4.82. The second-order valence-electron chi connectivity index (χ2n) is 7.75. The van der Waals surface area contributed by atoms with E-state index in [4.69, 9.17) is 16.5 Å². The van der Waals surface area contributed by atoms with Gasteiger partial charge in [0.2, 0.25) is 0 Å². The number of unbranched alkanes of at least 4 members (excludes halogenated alkanes) is 2. The van der Waals surface area contributed by atoms with Crippen LogP contribution in [0, 0.1) is 12.3 Å². The van der Waals surface area contributed by atoms with Crippen LogP contribution in [0.3, 0.4) is 0 Å². The summed E-state index contributed by atoms with van der Waals surface area (Å²) in [5.74, 6) is 5.24. The molecule has 0 aliphatic carbocycles. The molecule has 7 nitrogen and oxygen atoms in total. The Balaban J connectivity index is 1.54. The monoisotopic (exact) mass is 425 g/mol. The maximum atomic E-state index is 5.48. The Labute approximate surface area is 188 Å². The Kier molecular flexibility index (Phi) is 7.03. The van der Waals surface area contributed by atoms with Gasteiger partial charge in [-0.2, -0.15) is 5.10 Å². The molecule has 0 fully saturated rings. The number of aromatic nitrogens is 7. The van der Waals surface area contributed by atoms with Gasteiger partial charge in [0.25, 0.3) is 0 Å². The van der Waals surface area contributed by atoms with Gasteiger partial charge in [-0.05, 0) is 33.5 Å². The van der Waals surface area contributed by atoms with E-state index in [0.717, 1.165) is 47.6 Å². The molecule has 162 valence electrons. The molecule has 0 spiro atoms. The van der Waals surface area contributed by atoms with E-state index in [0.29, 0.717) is 18.8 Å². The molecule has 4 rings (SSSR count). The number of H-pyrrole nitrogens is 1. The Hall–Kier alpha value is -3.79. The van der Waals surface area contributed by atoms with Crippen molar-refractivity contribution in [3.8, 4) is 34.9 Å². The minimum Gasteiger partial charge on any atom is -0.249 e. The molecule has 1 N–H and O–H groups in total. The number of aromatic amines is 1. The van der Waals surface area contributed by atoms with Crippen LogP contribution in [0.15, 0.2) is 48.5 Å². The molecule has 0 saturated carbocycles. The van der Waals surface area contributed by atoms with E-state index in [2.05, 4.69) is 63.8 Å². The van der Waals surface area contributed by atoms with Crippen molar-refractivity contribution >= 4 is 0 Å². The second-order valence-corrected chi connectivity index (χ2v) is 7.75. The number of tetrazole rings is 1. The molecule has 2 aromatic heterocycles. The van der Waals surface area contributed by atoms with Crippen LogP contribution in [0.1, 0.15) is 49.8 Å². The first-order valence-corrected chi connectivity index (χ1v) is 11.1. The fourth-order valence-corrected chi connectivity index (χ4v) is 3.74. The number of rotatable bonds is 10. The number of hydrogen-bond acceptors (Lipinski definition) is 5. The number of aryl methyl sites for hydroxylation is 2. The van der Waals surface area contributed by atoms with Gasteiger partial charge in [0.1, 0.15) is 5.82 Å². The van der Waals surface area contributed by atoms with Gasteiger partial charge in [-0.15, -0.1) is 17.4 Å². The van der Waals surface area contributed by atoms with Crippen LogP contribution in [-0.2, 0) is 19.4 Å². The molecule has 7 heteroatoms. The van der Waals surface area contributed by atoms with E-state index in [1.54, 1.807) is 0 Å². The third-order valence-electron chi connectivity index (χ3n) is 5.42. The molecule has 0 bridgehead atoms. The van der Waals surface area contributed by atoms with Crippen molar-refractivity contribution in [2.45, 2.75) is 52.0 Å². The van der Waals surface area contributed by atoms with E-state index in [1.807, 2.05) is 22.9 Å². The molecule has 0 radical (unpaired) electrons. The van der Waals surface area contributed by atoms with Crippen molar-refractivity contribution in [3.63, 3.8) is 0 Å². The van der Waals surface area contributed by atoms with Crippen LogP contribution in [0.25, 0.3) is 22.5 Å². The van der Waals surface area contributed by atoms with E-state index in [-0.39, 0.29) is 0 Å². The molecule has 0 amide bonds. The van der Waals surface area contributed by atoms with Gasteiger partial charge in [0, 0.05) is 24.8 Å².